The van der Waals surface area contributed by atoms with Gasteiger partial charge < -0.3 is 14.4 Å². The predicted octanol–water partition coefficient (Wildman–Crippen LogP) is 5.66. The van der Waals surface area contributed by atoms with Crippen molar-refractivity contribution in [1.82, 2.24) is 4.98 Å². The number of non-ortho nitro benzene ring substituents is 1. The lowest BCUT2D eigenvalue weighted by molar-refractivity contribution is -0.384. The molecule has 0 atom stereocenters. The molecule has 4 rings (SSSR count). The second-order valence-corrected chi connectivity index (χ2v) is 7.58. The zero-order valence-corrected chi connectivity index (χ0v) is 17.4. The van der Waals surface area contributed by atoms with Gasteiger partial charge in [-0.1, -0.05) is 6.07 Å². The third-order valence-corrected chi connectivity index (χ3v) is 5.49. The van der Waals surface area contributed by atoms with Crippen molar-refractivity contribution in [1.29, 1.82) is 0 Å². The summed E-state index contributed by atoms with van der Waals surface area (Å²) in [6, 6.07) is 16.3. The Morgan fingerprint density at radius 3 is 2.45 bits per heavy atom. The number of rotatable bonds is 8. The van der Waals surface area contributed by atoms with Crippen molar-refractivity contribution in [2.75, 3.05) is 12.0 Å². The van der Waals surface area contributed by atoms with Gasteiger partial charge in [-0.05, 0) is 61.6 Å². The maximum atomic E-state index is 11.1. The molecule has 0 aliphatic heterocycles. The standard InChI is InChI=1S/C24H25N3O4/c1-30-23-13-12-21(15-24(23)31-22-6-2-3-7-22)26(17-18-5-4-14-25-16-18)19-8-10-20(11-9-19)27(28)29/h4-5,8-16,22H,2-3,6-7,17H2,1H3. The Morgan fingerprint density at radius 2 is 1.81 bits per heavy atom. The number of nitro groups is 1. The minimum Gasteiger partial charge on any atom is -0.493 e. The van der Waals surface area contributed by atoms with Crippen LogP contribution in [0.2, 0.25) is 0 Å². The average molecular weight is 419 g/mol. The van der Waals surface area contributed by atoms with Crippen molar-refractivity contribution in [3.05, 3.63) is 82.7 Å². The summed E-state index contributed by atoms with van der Waals surface area (Å²) < 4.78 is 11.8. The maximum absolute atomic E-state index is 11.1. The summed E-state index contributed by atoms with van der Waals surface area (Å²) in [5.74, 6) is 1.41. The molecule has 0 radical (unpaired) electrons. The summed E-state index contributed by atoms with van der Waals surface area (Å²) in [6.45, 7) is 0.556. The molecule has 1 aromatic heterocycles. The number of anilines is 2. The van der Waals surface area contributed by atoms with E-state index in [1.54, 1.807) is 25.4 Å². The minimum absolute atomic E-state index is 0.0602. The van der Waals surface area contributed by atoms with E-state index in [0.717, 1.165) is 29.8 Å². The van der Waals surface area contributed by atoms with Crippen molar-refractivity contribution in [3.8, 4) is 11.5 Å². The minimum atomic E-state index is -0.393. The Morgan fingerprint density at radius 1 is 1.06 bits per heavy atom. The summed E-state index contributed by atoms with van der Waals surface area (Å²) in [4.78, 5) is 17.0. The number of benzene rings is 2. The van der Waals surface area contributed by atoms with Crippen molar-refractivity contribution >= 4 is 17.1 Å². The molecule has 1 aliphatic rings. The van der Waals surface area contributed by atoms with Gasteiger partial charge in [0.1, 0.15) is 0 Å². The Balaban J connectivity index is 1.70. The van der Waals surface area contributed by atoms with E-state index in [1.807, 2.05) is 36.5 Å². The van der Waals surface area contributed by atoms with Crippen LogP contribution in [0.15, 0.2) is 67.0 Å². The van der Waals surface area contributed by atoms with Crippen LogP contribution in [0, 0.1) is 10.1 Å². The van der Waals surface area contributed by atoms with Crippen LogP contribution >= 0.6 is 0 Å². The third kappa shape index (κ3) is 4.94. The Hall–Kier alpha value is -3.61. The van der Waals surface area contributed by atoms with Crippen molar-refractivity contribution < 1.29 is 14.4 Å². The fourth-order valence-electron chi connectivity index (χ4n) is 3.87. The van der Waals surface area contributed by atoms with Crippen LogP contribution < -0.4 is 14.4 Å². The molecule has 1 fully saturated rings. The molecule has 0 saturated heterocycles. The molecular weight excluding hydrogens is 394 g/mol. The van der Waals surface area contributed by atoms with E-state index in [1.165, 1.54) is 25.0 Å². The van der Waals surface area contributed by atoms with Gasteiger partial charge in [0.2, 0.25) is 0 Å². The van der Waals surface area contributed by atoms with Crippen LogP contribution in [-0.4, -0.2) is 23.1 Å². The smallest absolute Gasteiger partial charge is 0.269 e. The van der Waals surface area contributed by atoms with Crippen LogP contribution in [0.3, 0.4) is 0 Å². The predicted molar refractivity (Wildman–Crippen MR) is 119 cm³/mol. The highest BCUT2D eigenvalue weighted by atomic mass is 16.6. The van der Waals surface area contributed by atoms with E-state index < -0.39 is 4.92 Å². The van der Waals surface area contributed by atoms with E-state index in [0.29, 0.717) is 18.0 Å². The van der Waals surface area contributed by atoms with Gasteiger partial charge in [-0.2, -0.15) is 0 Å². The van der Waals surface area contributed by atoms with Crippen molar-refractivity contribution in [3.63, 3.8) is 0 Å². The lowest BCUT2D eigenvalue weighted by Crippen LogP contribution is -2.17. The summed E-state index contributed by atoms with van der Waals surface area (Å²) in [5, 5.41) is 11.1. The molecule has 0 spiro atoms. The van der Waals surface area contributed by atoms with Crippen LogP contribution in [-0.2, 0) is 6.54 Å². The monoisotopic (exact) mass is 419 g/mol. The lowest BCUT2D eigenvalue weighted by atomic mass is 10.1. The molecular formula is C24H25N3O4. The Labute approximate surface area is 181 Å². The number of hydrogen-bond donors (Lipinski definition) is 0. The van der Waals surface area contributed by atoms with Gasteiger partial charge in [0, 0.05) is 48.5 Å². The van der Waals surface area contributed by atoms with E-state index in [2.05, 4.69) is 9.88 Å². The molecule has 160 valence electrons. The topological polar surface area (TPSA) is 77.7 Å². The molecule has 7 heteroatoms. The molecule has 1 saturated carbocycles. The fourth-order valence-corrected chi connectivity index (χ4v) is 3.87. The second-order valence-electron chi connectivity index (χ2n) is 7.58. The lowest BCUT2D eigenvalue weighted by Gasteiger charge is -2.26. The number of ether oxygens (including phenoxy) is 2. The van der Waals surface area contributed by atoms with Gasteiger partial charge in [0.15, 0.2) is 11.5 Å². The number of aromatic nitrogens is 1. The molecule has 0 amide bonds. The molecule has 31 heavy (non-hydrogen) atoms. The average Bonchev–Trinajstić information content (AvgIpc) is 3.31. The fraction of sp³-hybridized carbons (Fsp3) is 0.292. The zero-order valence-electron chi connectivity index (χ0n) is 17.4. The molecule has 1 aliphatic carbocycles. The van der Waals surface area contributed by atoms with Gasteiger partial charge in [0.25, 0.3) is 5.69 Å². The molecule has 0 unspecified atom stereocenters. The molecule has 3 aromatic rings. The summed E-state index contributed by atoms with van der Waals surface area (Å²) in [6.07, 6.45) is 8.23. The first-order valence-electron chi connectivity index (χ1n) is 10.4. The SMILES string of the molecule is COc1ccc(N(Cc2cccnc2)c2ccc([N+](=O)[O-])cc2)cc1OC1CCCC1. The molecule has 0 bridgehead atoms. The van der Waals surface area contributed by atoms with E-state index in [4.69, 9.17) is 9.47 Å². The first-order valence-corrected chi connectivity index (χ1v) is 10.4. The Bertz CT molecular complexity index is 1020. The second kappa shape index (κ2) is 9.47. The largest absolute Gasteiger partial charge is 0.493 e. The summed E-state index contributed by atoms with van der Waals surface area (Å²) >= 11 is 0. The normalized spacial score (nSPS) is 13.7. The molecule has 7 nitrogen and oxygen atoms in total. The third-order valence-electron chi connectivity index (χ3n) is 5.49. The van der Waals surface area contributed by atoms with Crippen LogP contribution in [0.5, 0.6) is 11.5 Å². The van der Waals surface area contributed by atoms with E-state index >= 15 is 0 Å². The van der Waals surface area contributed by atoms with Gasteiger partial charge in [-0.15, -0.1) is 0 Å². The summed E-state index contributed by atoms with van der Waals surface area (Å²) in [7, 11) is 1.64. The quantitative estimate of drug-likeness (QED) is 0.346. The number of pyridine rings is 1. The van der Waals surface area contributed by atoms with Gasteiger partial charge >= 0.3 is 0 Å². The van der Waals surface area contributed by atoms with E-state index in [-0.39, 0.29) is 11.8 Å². The first-order chi connectivity index (χ1) is 15.1. The number of hydrogen-bond acceptors (Lipinski definition) is 6. The maximum Gasteiger partial charge on any atom is 0.269 e. The highest BCUT2D eigenvalue weighted by molar-refractivity contribution is 5.67. The van der Waals surface area contributed by atoms with Gasteiger partial charge in [0.05, 0.1) is 18.1 Å². The van der Waals surface area contributed by atoms with Crippen LogP contribution in [0.1, 0.15) is 31.2 Å². The Kier molecular flexibility index (Phi) is 6.31. The zero-order chi connectivity index (χ0) is 21.6. The number of nitrogens with zero attached hydrogens (tertiary/aromatic N) is 3. The molecule has 0 N–H and O–H groups in total. The van der Waals surface area contributed by atoms with E-state index in [9.17, 15) is 10.1 Å². The molecule has 2 aromatic carbocycles. The highest BCUT2D eigenvalue weighted by Crippen LogP contribution is 2.38. The number of nitro benzene ring substituents is 1. The van der Waals surface area contributed by atoms with Crippen molar-refractivity contribution in [2.45, 2.75) is 38.3 Å². The van der Waals surface area contributed by atoms with Gasteiger partial charge in [-0.25, -0.2) is 0 Å². The van der Waals surface area contributed by atoms with Crippen LogP contribution in [0.25, 0.3) is 0 Å². The highest BCUT2D eigenvalue weighted by Gasteiger charge is 2.20. The van der Waals surface area contributed by atoms with Crippen molar-refractivity contribution in [2.24, 2.45) is 0 Å². The first kappa shape index (κ1) is 20.7. The van der Waals surface area contributed by atoms with Crippen LogP contribution in [0.4, 0.5) is 17.1 Å². The molecule has 1 heterocycles. The summed E-state index contributed by atoms with van der Waals surface area (Å²) in [5.41, 5.74) is 2.83. The number of methoxy groups -OCH3 is 1. The van der Waals surface area contributed by atoms with Gasteiger partial charge in [-0.3, -0.25) is 15.1 Å².